The fourth-order valence-corrected chi connectivity index (χ4v) is 2.61. The normalized spacial score (nSPS) is 10.4. The van der Waals surface area contributed by atoms with E-state index in [4.69, 9.17) is 22.4 Å². The Kier molecular flexibility index (Phi) is 4.35. The highest BCUT2D eigenvalue weighted by Gasteiger charge is 2.04. The Balaban J connectivity index is 2.13. The fourth-order valence-electron chi connectivity index (χ4n) is 1.59. The summed E-state index contributed by atoms with van der Waals surface area (Å²) in [5.74, 6) is -0.831. The predicted octanol–water partition coefficient (Wildman–Crippen LogP) is 3.70. The zero-order valence-corrected chi connectivity index (χ0v) is 11.5. The highest BCUT2D eigenvalue weighted by atomic mass is 35.5. The molecule has 0 aliphatic heterocycles. The van der Waals surface area contributed by atoms with Crippen molar-refractivity contribution in [3.63, 3.8) is 0 Å². The molecule has 0 radical (unpaired) electrons. The molecule has 0 aromatic heterocycles. The summed E-state index contributed by atoms with van der Waals surface area (Å²) in [6.07, 6.45) is 0.0357. The number of nitrogens with two attached hydrogens (primary N) is 1. The molecule has 2 aromatic carbocycles. The molecule has 0 fully saturated rings. The van der Waals surface area contributed by atoms with Crippen LogP contribution in [0.4, 0.5) is 5.69 Å². The third-order valence-electron chi connectivity index (χ3n) is 2.48. The zero-order valence-electron chi connectivity index (χ0n) is 9.97. The van der Waals surface area contributed by atoms with Gasteiger partial charge in [0.05, 0.1) is 6.42 Å². The lowest BCUT2D eigenvalue weighted by Crippen LogP contribution is -1.99. The van der Waals surface area contributed by atoms with E-state index in [9.17, 15) is 4.79 Å². The summed E-state index contributed by atoms with van der Waals surface area (Å²) in [4.78, 5) is 12.5. The molecule has 3 N–H and O–H groups in total. The van der Waals surface area contributed by atoms with Crippen LogP contribution >= 0.6 is 23.4 Å². The van der Waals surface area contributed by atoms with Gasteiger partial charge in [-0.1, -0.05) is 35.5 Å². The van der Waals surface area contributed by atoms with E-state index in [1.54, 1.807) is 12.1 Å². The number of anilines is 1. The standard InChI is InChI=1S/C14H12ClNO2S/c15-10-3-6-13(12(16)8-10)19-11-4-1-9(2-5-11)7-14(17)18/h1-6,8H,7,16H2,(H,17,18). The molecule has 0 saturated carbocycles. The number of nitrogen functional groups attached to an aromatic ring is 1. The summed E-state index contributed by atoms with van der Waals surface area (Å²) < 4.78 is 0. The van der Waals surface area contributed by atoms with Crippen LogP contribution in [0.25, 0.3) is 0 Å². The van der Waals surface area contributed by atoms with Gasteiger partial charge in [-0.3, -0.25) is 4.79 Å². The van der Waals surface area contributed by atoms with Gasteiger partial charge < -0.3 is 10.8 Å². The molecule has 19 heavy (non-hydrogen) atoms. The van der Waals surface area contributed by atoms with Crippen molar-refractivity contribution >= 4 is 35.0 Å². The molecule has 0 bridgehead atoms. The van der Waals surface area contributed by atoms with Crippen LogP contribution in [0, 0.1) is 0 Å². The molecule has 0 aliphatic carbocycles. The van der Waals surface area contributed by atoms with E-state index in [2.05, 4.69) is 0 Å². The van der Waals surface area contributed by atoms with Crippen molar-refractivity contribution < 1.29 is 9.90 Å². The number of rotatable bonds is 4. The van der Waals surface area contributed by atoms with E-state index in [-0.39, 0.29) is 6.42 Å². The lowest BCUT2D eigenvalue weighted by atomic mass is 10.2. The summed E-state index contributed by atoms with van der Waals surface area (Å²) >= 11 is 7.36. The minimum atomic E-state index is -0.831. The average Bonchev–Trinajstić information content (AvgIpc) is 2.34. The predicted molar refractivity (Wildman–Crippen MR) is 77.8 cm³/mol. The highest BCUT2D eigenvalue weighted by molar-refractivity contribution is 7.99. The van der Waals surface area contributed by atoms with E-state index in [1.165, 1.54) is 11.8 Å². The van der Waals surface area contributed by atoms with Crippen molar-refractivity contribution in [3.8, 4) is 0 Å². The molecular weight excluding hydrogens is 282 g/mol. The van der Waals surface area contributed by atoms with Crippen LogP contribution in [-0.2, 0) is 11.2 Å². The van der Waals surface area contributed by atoms with Crippen molar-refractivity contribution in [2.45, 2.75) is 16.2 Å². The summed E-state index contributed by atoms with van der Waals surface area (Å²) in [6.45, 7) is 0. The van der Waals surface area contributed by atoms with Crippen LogP contribution in [0.15, 0.2) is 52.3 Å². The molecule has 0 saturated heterocycles. The number of carbonyl (C=O) groups is 1. The first-order valence-electron chi connectivity index (χ1n) is 5.58. The van der Waals surface area contributed by atoms with Gasteiger partial charge in [0, 0.05) is 20.5 Å². The molecule has 0 heterocycles. The minimum absolute atomic E-state index is 0.0357. The third kappa shape index (κ3) is 3.91. The van der Waals surface area contributed by atoms with Crippen LogP contribution in [0.3, 0.4) is 0 Å². The molecule has 2 aromatic rings. The molecular formula is C14H12ClNO2S. The first-order chi connectivity index (χ1) is 9.04. The quantitative estimate of drug-likeness (QED) is 0.844. The molecule has 0 amide bonds. The van der Waals surface area contributed by atoms with Gasteiger partial charge in [0.15, 0.2) is 0 Å². The topological polar surface area (TPSA) is 63.3 Å². The van der Waals surface area contributed by atoms with E-state index in [0.29, 0.717) is 10.7 Å². The van der Waals surface area contributed by atoms with Gasteiger partial charge in [-0.25, -0.2) is 0 Å². The minimum Gasteiger partial charge on any atom is -0.481 e. The molecule has 3 nitrogen and oxygen atoms in total. The molecule has 2 rings (SSSR count). The van der Waals surface area contributed by atoms with Gasteiger partial charge >= 0.3 is 5.97 Å². The Morgan fingerprint density at radius 1 is 1.21 bits per heavy atom. The molecule has 98 valence electrons. The maximum absolute atomic E-state index is 10.6. The number of aliphatic carboxylic acids is 1. The van der Waals surface area contributed by atoms with Crippen molar-refractivity contribution in [1.29, 1.82) is 0 Å². The first kappa shape index (κ1) is 13.8. The second-order valence-electron chi connectivity index (χ2n) is 4.00. The van der Waals surface area contributed by atoms with Crippen LogP contribution in [0.1, 0.15) is 5.56 Å². The Morgan fingerprint density at radius 3 is 2.47 bits per heavy atom. The van der Waals surface area contributed by atoms with Crippen LogP contribution in [0.5, 0.6) is 0 Å². The van der Waals surface area contributed by atoms with Crippen LogP contribution < -0.4 is 5.73 Å². The van der Waals surface area contributed by atoms with E-state index < -0.39 is 5.97 Å². The maximum atomic E-state index is 10.6. The van der Waals surface area contributed by atoms with Crippen LogP contribution in [0.2, 0.25) is 5.02 Å². The summed E-state index contributed by atoms with van der Waals surface area (Å²) in [6, 6.07) is 12.8. The maximum Gasteiger partial charge on any atom is 0.307 e. The van der Waals surface area contributed by atoms with Crippen molar-refractivity contribution in [1.82, 2.24) is 0 Å². The molecule has 0 atom stereocenters. The van der Waals surface area contributed by atoms with Gasteiger partial charge in [-0.05, 0) is 35.9 Å². The summed E-state index contributed by atoms with van der Waals surface area (Å²) in [5.41, 5.74) is 7.29. The van der Waals surface area contributed by atoms with Crippen molar-refractivity contribution in [2.24, 2.45) is 0 Å². The Morgan fingerprint density at radius 2 is 1.89 bits per heavy atom. The second kappa shape index (κ2) is 5.99. The van der Waals surface area contributed by atoms with Gasteiger partial charge in [0.25, 0.3) is 0 Å². The number of hydrogen-bond acceptors (Lipinski definition) is 3. The number of carboxylic acids is 1. The zero-order chi connectivity index (χ0) is 13.8. The van der Waals surface area contributed by atoms with Gasteiger partial charge in [-0.2, -0.15) is 0 Å². The smallest absolute Gasteiger partial charge is 0.307 e. The highest BCUT2D eigenvalue weighted by Crippen LogP contribution is 2.33. The Bertz CT molecular complexity index is 599. The van der Waals surface area contributed by atoms with Crippen molar-refractivity contribution in [2.75, 3.05) is 5.73 Å². The largest absolute Gasteiger partial charge is 0.481 e. The monoisotopic (exact) mass is 293 g/mol. The lowest BCUT2D eigenvalue weighted by Gasteiger charge is -2.06. The van der Waals surface area contributed by atoms with E-state index in [0.717, 1.165) is 15.4 Å². The lowest BCUT2D eigenvalue weighted by molar-refractivity contribution is -0.136. The third-order valence-corrected chi connectivity index (χ3v) is 3.81. The Hall–Kier alpha value is -1.65. The molecule has 0 aliphatic rings. The first-order valence-corrected chi connectivity index (χ1v) is 6.77. The number of hydrogen-bond donors (Lipinski definition) is 2. The summed E-state index contributed by atoms with van der Waals surface area (Å²) in [5, 5.41) is 9.31. The van der Waals surface area contributed by atoms with Gasteiger partial charge in [0.2, 0.25) is 0 Å². The molecule has 0 unspecified atom stereocenters. The second-order valence-corrected chi connectivity index (χ2v) is 5.55. The number of halogens is 1. The SMILES string of the molecule is Nc1cc(Cl)ccc1Sc1ccc(CC(=O)O)cc1. The average molecular weight is 294 g/mol. The van der Waals surface area contributed by atoms with Gasteiger partial charge in [-0.15, -0.1) is 0 Å². The number of benzene rings is 2. The van der Waals surface area contributed by atoms with Crippen molar-refractivity contribution in [3.05, 3.63) is 53.1 Å². The van der Waals surface area contributed by atoms with E-state index in [1.807, 2.05) is 30.3 Å². The van der Waals surface area contributed by atoms with Crippen LogP contribution in [-0.4, -0.2) is 11.1 Å². The molecule has 5 heteroatoms. The summed E-state index contributed by atoms with van der Waals surface area (Å²) in [7, 11) is 0. The van der Waals surface area contributed by atoms with E-state index >= 15 is 0 Å². The fraction of sp³-hybridized carbons (Fsp3) is 0.0714. The van der Waals surface area contributed by atoms with Gasteiger partial charge in [0.1, 0.15) is 0 Å². The number of carboxylic acid groups (broad SMARTS) is 1. The Labute approximate surface area is 120 Å². The molecule has 0 spiro atoms.